The van der Waals surface area contributed by atoms with E-state index in [9.17, 15) is 4.39 Å². The quantitative estimate of drug-likeness (QED) is 0.876. The molecule has 1 N–H and O–H groups in total. The van der Waals surface area contributed by atoms with Crippen molar-refractivity contribution in [3.8, 4) is 0 Å². The second-order valence-corrected chi connectivity index (χ2v) is 6.21. The third-order valence-electron chi connectivity index (χ3n) is 4.01. The molecule has 0 aromatic carbocycles. The van der Waals surface area contributed by atoms with Gasteiger partial charge in [-0.15, -0.1) is 0 Å². The van der Waals surface area contributed by atoms with Gasteiger partial charge in [0, 0.05) is 19.1 Å². The van der Waals surface area contributed by atoms with Crippen LogP contribution < -0.4 is 10.2 Å². The van der Waals surface area contributed by atoms with Gasteiger partial charge in [-0.2, -0.15) is 0 Å². The first-order valence-electron chi connectivity index (χ1n) is 8.10. The first-order chi connectivity index (χ1) is 10.1. The molecule has 1 atom stereocenters. The van der Waals surface area contributed by atoms with Gasteiger partial charge in [0.15, 0.2) is 11.6 Å². The maximum Gasteiger partial charge on any atom is 0.187 e. The molecule has 1 aliphatic heterocycles. The van der Waals surface area contributed by atoms with Crippen LogP contribution in [0.1, 0.15) is 45.7 Å². The van der Waals surface area contributed by atoms with Crippen LogP contribution in [0.3, 0.4) is 0 Å². The van der Waals surface area contributed by atoms with Gasteiger partial charge in [0.1, 0.15) is 6.33 Å². The summed E-state index contributed by atoms with van der Waals surface area (Å²) in [5.41, 5.74) is 0.513. The Balaban J connectivity index is 2.11. The van der Waals surface area contributed by atoms with Crippen LogP contribution in [-0.2, 0) is 6.42 Å². The molecule has 1 aromatic rings. The average Bonchev–Trinajstić information content (AvgIpc) is 2.48. The molecule has 0 spiro atoms. The molecule has 1 saturated heterocycles. The Bertz CT molecular complexity index is 450. The molecule has 5 heteroatoms. The zero-order valence-corrected chi connectivity index (χ0v) is 13.4. The van der Waals surface area contributed by atoms with Gasteiger partial charge in [-0.1, -0.05) is 20.8 Å². The minimum absolute atomic E-state index is 0.240. The minimum atomic E-state index is -0.240. The van der Waals surface area contributed by atoms with Crippen molar-refractivity contribution in [1.82, 2.24) is 15.3 Å². The number of anilines is 1. The fourth-order valence-electron chi connectivity index (χ4n) is 2.87. The molecule has 0 amide bonds. The van der Waals surface area contributed by atoms with E-state index in [1.807, 2.05) is 6.92 Å². The molecule has 0 aliphatic carbocycles. The lowest BCUT2D eigenvalue weighted by Gasteiger charge is -2.37. The number of nitrogens with one attached hydrogen (secondary N) is 1. The number of piperidine rings is 1. The molecule has 0 radical (unpaired) electrons. The van der Waals surface area contributed by atoms with Crippen molar-refractivity contribution < 1.29 is 4.39 Å². The molecule has 1 unspecified atom stereocenters. The molecule has 2 rings (SSSR count). The van der Waals surface area contributed by atoms with E-state index in [4.69, 9.17) is 0 Å². The molecule has 21 heavy (non-hydrogen) atoms. The highest BCUT2D eigenvalue weighted by atomic mass is 19.1. The Hall–Kier alpha value is -1.23. The van der Waals surface area contributed by atoms with Crippen LogP contribution in [0.15, 0.2) is 6.33 Å². The fourth-order valence-corrected chi connectivity index (χ4v) is 2.87. The normalized spacial score (nSPS) is 19.3. The lowest BCUT2D eigenvalue weighted by atomic mass is 10.0. The van der Waals surface area contributed by atoms with E-state index in [0.717, 1.165) is 32.5 Å². The van der Waals surface area contributed by atoms with Gasteiger partial charge in [-0.25, -0.2) is 14.4 Å². The third-order valence-corrected chi connectivity index (χ3v) is 4.01. The van der Waals surface area contributed by atoms with Crippen molar-refractivity contribution in [3.63, 3.8) is 0 Å². The molecule has 0 saturated carbocycles. The smallest absolute Gasteiger partial charge is 0.187 e. The third kappa shape index (κ3) is 4.13. The lowest BCUT2D eigenvalue weighted by Crippen LogP contribution is -2.47. The number of hydrogen-bond acceptors (Lipinski definition) is 4. The summed E-state index contributed by atoms with van der Waals surface area (Å²) in [6, 6.07) is 0.326. The van der Waals surface area contributed by atoms with Gasteiger partial charge in [0.2, 0.25) is 0 Å². The van der Waals surface area contributed by atoms with Crippen LogP contribution in [-0.4, -0.2) is 35.6 Å². The number of nitrogens with zero attached hydrogens (tertiary/aromatic N) is 3. The maximum atomic E-state index is 14.5. The van der Waals surface area contributed by atoms with Crippen molar-refractivity contribution in [2.45, 2.75) is 52.5 Å². The number of aryl methyl sites for hydroxylation is 1. The maximum absolute atomic E-state index is 14.5. The first kappa shape index (κ1) is 16.1. The molecule has 0 bridgehead atoms. The fraction of sp³-hybridized carbons (Fsp3) is 0.750. The van der Waals surface area contributed by atoms with Gasteiger partial charge < -0.3 is 10.2 Å². The lowest BCUT2D eigenvalue weighted by molar-refractivity contribution is 0.414. The summed E-state index contributed by atoms with van der Waals surface area (Å²) in [6.45, 7) is 9.09. The topological polar surface area (TPSA) is 41.1 Å². The van der Waals surface area contributed by atoms with E-state index >= 15 is 0 Å². The van der Waals surface area contributed by atoms with Crippen LogP contribution in [0.5, 0.6) is 0 Å². The van der Waals surface area contributed by atoms with E-state index in [1.165, 1.54) is 12.7 Å². The van der Waals surface area contributed by atoms with Crippen molar-refractivity contribution in [3.05, 3.63) is 17.8 Å². The van der Waals surface area contributed by atoms with Gasteiger partial charge in [0.05, 0.1) is 5.69 Å². The molecular formula is C16H27FN4. The molecule has 1 aromatic heterocycles. The predicted molar refractivity (Wildman–Crippen MR) is 84.1 cm³/mol. The molecule has 1 aliphatic rings. The summed E-state index contributed by atoms with van der Waals surface area (Å²) >= 11 is 0. The van der Waals surface area contributed by atoms with Crippen molar-refractivity contribution in [2.24, 2.45) is 5.92 Å². The Morgan fingerprint density at radius 1 is 1.38 bits per heavy atom. The van der Waals surface area contributed by atoms with Gasteiger partial charge >= 0.3 is 0 Å². The van der Waals surface area contributed by atoms with Gasteiger partial charge in [-0.05, 0) is 38.1 Å². The van der Waals surface area contributed by atoms with Crippen molar-refractivity contribution in [1.29, 1.82) is 0 Å². The van der Waals surface area contributed by atoms with E-state index in [-0.39, 0.29) is 5.82 Å². The zero-order chi connectivity index (χ0) is 15.2. The average molecular weight is 294 g/mol. The second-order valence-electron chi connectivity index (χ2n) is 6.21. The Morgan fingerprint density at radius 3 is 2.90 bits per heavy atom. The molecule has 118 valence electrons. The Labute approximate surface area is 127 Å². The minimum Gasteiger partial charge on any atom is -0.350 e. The standard InChI is InChI=1S/C16H27FN4/c1-4-14-15(17)16(20-11-19-14)21-8-6-5-7-13(21)10-18-9-12(2)3/h11-13,18H,4-10H2,1-3H3. The molecule has 1 fully saturated rings. The van der Waals surface area contributed by atoms with Crippen molar-refractivity contribution >= 4 is 5.82 Å². The van der Waals surface area contributed by atoms with E-state index in [0.29, 0.717) is 29.9 Å². The van der Waals surface area contributed by atoms with Crippen molar-refractivity contribution in [2.75, 3.05) is 24.5 Å². The van der Waals surface area contributed by atoms with Crippen LogP contribution >= 0.6 is 0 Å². The van der Waals surface area contributed by atoms with Gasteiger partial charge in [0.25, 0.3) is 0 Å². The number of rotatable bonds is 6. The molecular weight excluding hydrogens is 267 g/mol. The largest absolute Gasteiger partial charge is 0.350 e. The van der Waals surface area contributed by atoms with Crippen LogP contribution in [0, 0.1) is 11.7 Å². The molecule has 2 heterocycles. The Morgan fingerprint density at radius 2 is 2.19 bits per heavy atom. The highest BCUT2D eigenvalue weighted by Crippen LogP contribution is 2.26. The summed E-state index contributed by atoms with van der Waals surface area (Å²) in [6.07, 6.45) is 5.50. The summed E-state index contributed by atoms with van der Waals surface area (Å²) in [7, 11) is 0. The van der Waals surface area contributed by atoms with Gasteiger partial charge in [-0.3, -0.25) is 0 Å². The summed E-state index contributed by atoms with van der Waals surface area (Å²) < 4.78 is 14.5. The summed E-state index contributed by atoms with van der Waals surface area (Å²) in [5, 5.41) is 3.49. The summed E-state index contributed by atoms with van der Waals surface area (Å²) in [5.74, 6) is 0.873. The van der Waals surface area contributed by atoms with E-state index in [1.54, 1.807) is 0 Å². The summed E-state index contributed by atoms with van der Waals surface area (Å²) in [4.78, 5) is 10.4. The number of halogens is 1. The number of hydrogen-bond donors (Lipinski definition) is 1. The Kier molecular flexibility index (Phi) is 5.91. The highest BCUT2D eigenvalue weighted by molar-refractivity contribution is 5.43. The molecule has 4 nitrogen and oxygen atoms in total. The monoisotopic (exact) mass is 294 g/mol. The highest BCUT2D eigenvalue weighted by Gasteiger charge is 2.26. The zero-order valence-electron chi connectivity index (χ0n) is 13.4. The van der Waals surface area contributed by atoms with Crippen LogP contribution in [0.4, 0.5) is 10.2 Å². The van der Waals surface area contributed by atoms with Crippen LogP contribution in [0.25, 0.3) is 0 Å². The second kappa shape index (κ2) is 7.69. The predicted octanol–water partition coefficient (Wildman–Crippen LogP) is 2.78. The first-order valence-corrected chi connectivity index (χ1v) is 8.10. The van der Waals surface area contributed by atoms with E-state index in [2.05, 4.69) is 34.0 Å². The number of aromatic nitrogens is 2. The van der Waals surface area contributed by atoms with E-state index < -0.39 is 0 Å². The SMILES string of the molecule is CCc1ncnc(N2CCCCC2CNCC(C)C)c1F. The van der Waals surface area contributed by atoms with Crippen LogP contribution in [0.2, 0.25) is 0 Å².